The van der Waals surface area contributed by atoms with E-state index in [1.807, 2.05) is 12.1 Å². The van der Waals surface area contributed by atoms with Crippen LogP contribution in [0.3, 0.4) is 0 Å². The molecule has 0 amide bonds. The van der Waals surface area contributed by atoms with Crippen molar-refractivity contribution >= 4 is 21.6 Å². The van der Waals surface area contributed by atoms with E-state index in [1.165, 1.54) is 18.4 Å². The second-order valence-electron chi connectivity index (χ2n) is 4.45. The summed E-state index contributed by atoms with van der Waals surface area (Å²) in [4.78, 5) is 2.37. The molecule has 0 radical (unpaired) electrons. The minimum absolute atomic E-state index is 0.616. The molecular formula is C13H21BrN2. The molecule has 0 bridgehead atoms. The summed E-state index contributed by atoms with van der Waals surface area (Å²) in [6, 6.07) is 6.72. The van der Waals surface area contributed by atoms with Crippen molar-refractivity contribution in [2.45, 2.75) is 39.3 Å². The van der Waals surface area contributed by atoms with Crippen molar-refractivity contribution in [3.8, 4) is 0 Å². The molecule has 0 saturated heterocycles. The Labute approximate surface area is 107 Å². The molecular weight excluding hydrogens is 264 g/mol. The number of nitrogens with zero attached hydrogens (tertiary/aromatic N) is 1. The molecule has 3 heteroatoms. The minimum atomic E-state index is 0.616. The minimum Gasteiger partial charge on any atom is -0.399 e. The molecule has 2 N–H and O–H groups in total. The summed E-state index contributed by atoms with van der Waals surface area (Å²) in [5.74, 6) is 0. The third kappa shape index (κ3) is 4.14. The highest BCUT2D eigenvalue weighted by molar-refractivity contribution is 9.10. The molecule has 1 aromatic rings. The van der Waals surface area contributed by atoms with E-state index in [1.54, 1.807) is 0 Å². The first-order valence-electron chi connectivity index (χ1n) is 5.78. The predicted octanol–water partition coefficient (Wildman–Crippen LogP) is 3.65. The van der Waals surface area contributed by atoms with Gasteiger partial charge < -0.3 is 5.73 Å². The Kier molecular flexibility index (Phi) is 5.29. The summed E-state index contributed by atoms with van der Waals surface area (Å²) in [6.07, 6.45) is 2.46. The average Bonchev–Trinajstić information content (AvgIpc) is 2.16. The van der Waals surface area contributed by atoms with E-state index in [0.717, 1.165) is 16.7 Å². The lowest BCUT2D eigenvalue weighted by molar-refractivity contribution is 0.237. The van der Waals surface area contributed by atoms with Crippen molar-refractivity contribution in [1.29, 1.82) is 0 Å². The number of benzene rings is 1. The maximum Gasteiger partial charge on any atom is 0.0328 e. The zero-order valence-electron chi connectivity index (χ0n) is 10.3. The Hall–Kier alpha value is -0.540. The first kappa shape index (κ1) is 13.5. The van der Waals surface area contributed by atoms with Crippen LogP contribution in [0.5, 0.6) is 0 Å². The average molecular weight is 285 g/mol. The summed E-state index contributed by atoms with van der Waals surface area (Å²) < 4.78 is 1.05. The lowest BCUT2D eigenvalue weighted by Gasteiger charge is -2.24. The molecule has 0 fully saturated rings. The van der Waals surface area contributed by atoms with Gasteiger partial charge in [0.15, 0.2) is 0 Å². The highest BCUT2D eigenvalue weighted by atomic mass is 79.9. The van der Waals surface area contributed by atoms with Crippen molar-refractivity contribution in [1.82, 2.24) is 4.90 Å². The van der Waals surface area contributed by atoms with Gasteiger partial charge in [0.1, 0.15) is 0 Å². The molecule has 0 saturated carbocycles. The van der Waals surface area contributed by atoms with Crippen molar-refractivity contribution in [2.75, 3.05) is 12.8 Å². The van der Waals surface area contributed by atoms with Gasteiger partial charge >= 0.3 is 0 Å². The standard InChI is InChI=1S/C13H21BrN2/c1-4-5-10(2)16(3)9-11-6-12(14)8-13(15)7-11/h6-8,10H,4-5,9,15H2,1-3H3. The molecule has 0 spiro atoms. The van der Waals surface area contributed by atoms with Gasteiger partial charge in [-0.25, -0.2) is 0 Å². The van der Waals surface area contributed by atoms with Gasteiger partial charge in [0.05, 0.1) is 0 Å². The van der Waals surface area contributed by atoms with Gasteiger partial charge in [-0.15, -0.1) is 0 Å². The van der Waals surface area contributed by atoms with Crippen molar-refractivity contribution in [3.63, 3.8) is 0 Å². The van der Waals surface area contributed by atoms with Gasteiger partial charge in [0.25, 0.3) is 0 Å². The van der Waals surface area contributed by atoms with E-state index in [4.69, 9.17) is 5.73 Å². The summed E-state index contributed by atoms with van der Waals surface area (Å²) in [6.45, 7) is 5.44. The molecule has 0 aliphatic rings. The van der Waals surface area contributed by atoms with Crippen molar-refractivity contribution in [3.05, 3.63) is 28.2 Å². The van der Waals surface area contributed by atoms with Crippen LogP contribution >= 0.6 is 15.9 Å². The number of nitrogen functional groups attached to an aromatic ring is 1. The molecule has 2 nitrogen and oxygen atoms in total. The van der Waals surface area contributed by atoms with Gasteiger partial charge in [-0.3, -0.25) is 4.90 Å². The Morgan fingerprint density at radius 2 is 2.06 bits per heavy atom. The molecule has 1 aromatic carbocycles. The van der Waals surface area contributed by atoms with Crippen LogP contribution < -0.4 is 5.73 Å². The zero-order chi connectivity index (χ0) is 12.1. The molecule has 90 valence electrons. The Morgan fingerprint density at radius 3 is 2.62 bits per heavy atom. The fourth-order valence-electron chi connectivity index (χ4n) is 1.85. The molecule has 0 heterocycles. The fraction of sp³-hybridized carbons (Fsp3) is 0.538. The fourth-order valence-corrected chi connectivity index (χ4v) is 2.41. The van der Waals surface area contributed by atoms with Crippen LogP contribution in [0.4, 0.5) is 5.69 Å². The highest BCUT2D eigenvalue weighted by Gasteiger charge is 2.09. The number of halogens is 1. The van der Waals surface area contributed by atoms with E-state index in [9.17, 15) is 0 Å². The smallest absolute Gasteiger partial charge is 0.0328 e. The molecule has 16 heavy (non-hydrogen) atoms. The highest BCUT2D eigenvalue weighted by Crippen LogP contribution is 2.19. The predicted molar refractivity (Wildman–Crippen MR) is 74.4 cm³/mol. The molecule has 1 unspecified atom stereocenters. The molecule has 1 atom stereocenters. The second kappa shape index (κ2) is 6.26. The first-order valence-corrected chi connectivity index (χ1v) is 6.57. The van der Waals surface area contributed by atoms with Crippen molar-refractivity contribution < 1.29 is 0 Å². The summed E-state index contributed by atoms with van der Waals surface area (Å²) in [7, 11) is 2.16. The maximum atomic E-state index is 5.82. The van der Waals surface area contributed by atoms with Crippen LogP contribution in [-0.2, 0) is 6.54 Å². The van der Waals surface area contributed by atoms with E-state index in [0.29, 0.717) is 6.04 Å². The third-order valence-electron chi connectivity index (χ3n) is 2.87. The monoisotopic (exact) mass is 284 g/mol. The zero-order valence-corrected chi connectivity index (χ0v) is 11.9. The molecule has 0 aromatic heterocycles. The van der Waals surface area contributed by atoms with E-state index in [2.05, 4.69) is 47.8 Å². The number of anilines is 1. The normalized spacial score (nSPS) is 13.1. The summed E-state index contributed by atoms with van der Waals surface area (Å²) >= 11 is 3.47. The van der Waals surface area contributed by atoms with Crippen LogP contribution in [0.2, 0.25) is 0 Å². The Balaban J connectivity index is 2.65. The number of rotatable bonds is 5. The quantitative estimate of drug-likeness (QED) is 0.837. The summed E-state index contributed by atoms with van der Waals surface area (Å²) in [5, 5.41) is 0. The van der Waals surface area contributed by atoms with Crippen LogP contribution in [0.1, 0.15) is 32.3 Å². The SMILES string of the molecule is CCCC(C)N(C)Cc1cc(N)cc(Br)c1. The molecule has 0 aliphatic carbocycles. The topological polar surface area (TPSA) is 29.3 Å². The van der Waals surface area contributed by atoms with E-state index < -0.39 is 0 Å². The van der Waals surface area contributed by atoms with Gasteiger partial charge in [0.2, 0.25) is 0 Å². The lowest BCUT2D eigenvalue weighted by atomic mass is 10.1. The van der Waals surface area contributed by atoms with Crippen LogP contribution in [0, 0.1) is 0 Å². The van der Waals surface area contributed by atoms with Crippen LogP contribution in [-0.4, -0.2) is 18.0 Å². The number of hydrogen-bond donors (Lipinski definition) is 1. The van der Waals surface area contributed by atoms with Gasteiger partial charge in [-0.2, -0.15) is 0 Å². The van der Waals surface area contributed by atoms with Crippen LogP contribution in [0.15, 0.2) is 22.7 Å². The van der Waals surface area contributed by atoms with Gasteiger partial charge in [-0.05, 0) is 44.2 Å². The lowest BCUT2D eigenvalue weighted by Crippen LogP contribution is -2.28. The van der Waals surface area contributed by atoms with E-state index >= 15 is 0 Å². The largest absolute Gasteiger partial charge is 0.399 e. The third-order valence-corrected chi connectivity index (χ3v) is 3.33. The number of hydrogen-bond acceptors (Lipinski definition) is 2. The molecule has 1 rings (SSSR count). The van der Waals surface area contributed by atoms with Crippen LogP contribution in [0.25, 0.3) is 0 Å². The number of nitrogens with two attached hydrogens (primary N) is 1. The van der Waals surface area contributed by atoms with Gasteiger partial charge in [0, 0.05) is 22.7 Å². The first-order chi connectivity index (χ1) is 7.52. The Morgan fingerprint density at radius 1 is 1.38 bits per heavy atom. The molecule has 0 aliphatic heterocycles. The van der Waals surface area contributed by atoms with Crippen molar-refractivity contribution in [2.24, 2.45) is 0 Å². The van der Waals surface area contributed by atoms with E-state index in [-0.39, 0.29) is 0 Å². The summed E-state index contributed by atoms with van der Waals surface area (Å²) in [5.41, 5.74) is 7.90. The van der Waals surface area contributed by atoms with Gasteiger partial charge in [-0.1, -0.05) is 29.3 Å². The Bertz CT molecular complexity index is 318. The maximum absolute atomic E-state index is 5.82. The second-order valence-corrected chi connectivity index (χ2v) is 5.36.